The smallest absolute Gasteiger partial charge is 0.166 e. The minimum absolute atomic E-state index is 0.0378. The van der Waals surface area contributed by atoms with Crippen LogP contribution in [0.15, 0.2) is 103 Å². The number of halogens is 6. The van der Waals surface area contributed by atoms with Gasteiger partial charge in [-0.25, -0.2) is 0 Å². The van der Waals surface area contributed by atoms with E-state index in [0.717, 1.165) is 81.5 Å². The molecule has 0 heterocycles. The van der Waals surface area contributed by atoms with Gasteiger partial charge in [0.25, 0.3) is 0 Å². The summed E-state index contributed by atoms with van der Waals surface area (Å²) in [4.78, 5) is 0. The zero-order valence-corrected chi connectivity index (χ0v) is 26.8. The van der Waals surface area contributed by atoms with E-state index in [4.69, 9.17) is 0 Å². The highest BCUT2D eigenvalue weighted by atomic mass is 19.4. The van der Waals surface area contributed by atoms with Gasteiger partial charge in [-0.05, 0) is 102 Å². The summed E-state index contributed by atoms with van der Waals surface area (Å²) in [6.45, 7) is 8.58. The summed E-state index contributed by atoms with van der Waals surface area (Å²) >= 11 is 0. The molecule has 0 aliphatic heterocycles. The monoisotopic (exact) mass is 642 g/mol. The molecule has 0 N–H and O–H groups in total. The van der Waals surface area contributed by atoms with Gasteiger partial charge in [-0.15, -0.1) is 0 Å². The molecule has 47 heavy (non-hydrogen) atoms. The Morgan fingerprint density at radius 1 is 0.681 bits per heavy atom. The minimum atomic E-state index is -4.63. The predicted molar refractivity (Wildman–Crippen MR) is 176 cm³/mol. The molecule has 4 aromatic rings. The lowest BCUT2D eigenvalue weighted by Crippen LogP contribution is -2.19. The summed E-state index contributed by atoms with van der Waals surface area (Å²) in [6.07, 6.45) is 0.183. The van der Waals surface area contributed by atoms with Crippen LogP contribution < -0.4 is 10.4 Å². The third-order valence-electron chi connectivity index (χ3n) is 9.14. The van der Waals surface area contributed by atoms with Crippen molar-refractivity contribution in [2.75, 3.05) is 0 Å². The number of allylic oxidation sites excluding steroid dienone is 4. The Kier molecular flexibility index (Phi) is 8.36. The fourth-order valence-electron chi connectivity index (χ4n) is 6.74. The van der Waals surface area contributed by atoms with E-state index in [-0.39, 0.29) is 22.5 Å². The summed E-state index contributed by atoms with van der Waals surface area (Å²) < 4.78 is 84.3. The molecule has 0 saturated heterocycles. The summed E-state index contributed by atoms with van der Waals surface area (Å²) in [5.41, 5.74) is 2.80. The molecule has 0 spiro atoms. The molecule has 242 valence electrons. The number of unbranched alkanes of at least 4 members (excludes halogenated alkanes) is 1. The second-order valence-corrected chi connectivity index (χ2v) is 13.4. The molecule has 6 rings (SSSR count). The van der Waals surface area contributed by atoms with E-state index in [1.54, 1.807) is 12.1 Å². The van der Waals surface area contributed by atoms with Crippen LogP contribution in [0.4, 0.5) is 26.3 Å². The molecule has 6 heteroatoms. The largest absolute Gasteiger partial charge is 0.416 e. The quantitative estimate of drug-likeness (QED) is 0.162. The summed E-state index contributed by atoms with van der Waals surface area (Å²) in [6, 6.07) is 21.6. The van der Waals surface area contributed by atoms with Crippen LogP contribution in [-0.2, 0) is 12.4 Å². The summed E-state index contributed by atoms with van der Waals surface area (Å²) in [7, 11) is 0. The standard InChI is InChI=1S/C41H36F6/c1-5-6-11-25-20-31(39(2,3)4)24-35(25)38-34(19-18-33-32-17-8-7-12-26(32)23-36(33)38)37(27-13-9-15-29(21-27)40(42,43)44)28-14-10-16-30(22-28)41(45,46)47/h7-10,12-25H,5-6,11H2,1-4H3. The molecule has 0 radical (unpaired) electrons. The second kappa shape index (κ2) is 12.0. The molecule has 1 unspecified atom stereocenters. The third-order valence-corrected chi connectivity index (χ3v) is 9.14. The fraction of sp³-hybridized carbons (Fsp3) is 0.268. The van der Waals surface area contributed by atoms with Crippen LogP contribution in [0, 0.1) is 21.8 Å². The average molecular weight is 643 g/mol. The molecular formula is C41H36F6. The maximum absolute atomic E-state index is 14.1. The molecular weight excluding hydrogens is 606 g/mol. The van der Waals surface area contributed by atoms with Crippen molar-refractivity contribution in [2.45, 2.75) is 59.3 Å². The Balaban J connectivity index is 1.80. The van der Waals surface area contributed by atoms with Crippen LogP contribution in [0.3, 0.4) is 0 Å². The van der Waals surface area contributed by atoms with E-state index < -0.39 is 23.5 Å². The molecule has 0 amide bonds. The first kappa shape index (κ1) is 32.6. The van der Waals surface area contributed by atoms with E-state index >= 15 is 0 Å². The number of hydrogen-bond acceptors (Lipinski definition) is 0. The molecule has 0 bridgehead atoms. The van der Waals surface area contributed by atoms with E-state index in [9.17, 15) is 26.3 Å². The normalized spacial score (nSPS) is 15.9. The molecule has 4 aromatic carbocycles. The van der Waals surface area contributed by atoms with Crippen molar-refractivity contribution in [3.05, 3.63) is 157 Å². The van der Waals surface area contributed by atoms with E-state index in [1.165, 1.54) is 12.1 Å². The Morgan fingerprint density at radius 2 is 1.30 bits per heavy atom. The first-order valence-corrected chi connectivity index (χ1v) is 15.9. The van der Waals surface area contributed by atoms with Crippen molar-refractivity contribution < 1.29 is 26.3 Å². The van der Waals surface area contributed by atoms with Crippen LogP contribution in [0.25, 0.3) is 17.2 Å². The van der Waals surface area contributed by atoms with E-state index in [0.29, 0.717) is 10.8 Å². The number of hydrogen-bond donors (Lipinski definition) is 0. The maximum Gasteiger partial charge on any atom is 0.416 e. The fourth-order valence-corrected chi connectivity index (χ4v) is 6.74. The van der Waals surface area contributed by atoms with Gasteiger partial charge in [-0.2, -0.15) is 26.3 Å². The van der Waals surface area contributed by atoms with Gasteiger partial charge in [0.1, 0.15) is 0 Å². The lowest BCUT2D eigenvalue weighted by Gasteiger charge is -2.20. The third kappa shape index (κ3) is 6.35. The number of alkyl halides is 6. The van der Waals surface area contributed by atoms with Gasteiger partial charge in [0.05, 0.1) is 11.1 Å². The minimum Gasteiger partial charge on any atom is -0.166 e. The molecule has 1 atom stereocenters. The maximum atomic E-state index is 14.1. The molecule has 0 saturated carbocycles. The van der Waals surface area contributed by atoms with Crippen LogP contribution >= 0.6 is 0 Å². The second-order valence-electron chi connectivity index (χ2n) is 13.4. The van der Waals surface area contributed by atoms with Crippen LogP contribution in [0.1, 0.15) is 80.3 Å². The molecule has 0 aromatic heterocycles. The van der Waals surface area contributed by atoms with E-state index in [2.05, 4.69) is 45.9 Å². The van der Waals surface area contributed by atoms with Crippen molar-refractivity contribution in [1.29, 1.82) is 0 Å². The average Bonchev–Trinajstić information content (AvgIpc) is 3.61. The van der Waals surface area contributed by atoms with Gasteiger partial charge in [0.15, 0.2) is 0 Å². The van der Waals surface area contributed by atoms with Crippen molar-refractivity contribution in [1.82, 2.24) is 0 Å². The van der Waals surface area contributed by atoms with Crippen LogP contribution in [-0.4, -0.2) is 0 Å². The highest BCUT2D eigenvalue weighted by molar-refractivity contribution is 5.88. The zero-order chi connectivity index (χ0) is 33.7. The van der Waals surface area contributed by atoms with Crippen molar-refractivity contribution in [3.8, 4) is 0 Å². The molecule has 2 aliphatic rings. The van der Waals surface area contributed by atoms with Gasteiger partial charge >= 0.3 is 12.4 Å². The van der Waals surface area contributed by atoms with Gasteiger partial charge in [-0.1, -0.05) is 113 Å². The van der Waals surface area contributed by atoms with Crippen molar-refractivity contribution >= 4 is 17.2 Å². The van der Waals surface area contributed by atoms with Crippen molar-refractivity contribution in [3.63, 3.8) is 0 Å². The first-order chi connectivity index (χ1) is 22.2. The Morgan fingerprint density at radius 3 is 1.87 bits per heavy atom. The Hall–Kier alpha value is -4.32. The molecule has 2 aliphatic carbocycles. The number of benzene rings is 4. The number of fused-ring (bicyclic) bond motifs is 2. The first-order valence-electron chi connectivity index (χ1n) is 15.9. The van der Waals surface area contributed by atoms with Crippen LogP contribution in [0.5, 0.6) is 0 Å². The summed E-state index contributed by atoms with van der Waals surface area (Å²) in [5.74, 6) is 0.0378. The summed E-state index contributed by atoms with van der Waals surface area (Å²) in [5, 5.41) is 3.66. The predicted octanol–water partition coefficient (Wildman–Crippen LogP) is 10.6. The van der Waals surface area contributed by atoms with Gasteiger partial charge in [-0.3, -0.25) is 0 Å². The molecule has 0 fully saturated rings. The Labute approximate surface area is 270 Å². The topological polar surface area (TPSA) is 0 Å². The number of rotatable bonds is 6. The van der Waals surface area contributed by atoms with Crippen molar-refractivity contribution in [2.24, 2.45) is 11.3 Å². The lowest BCUT2D eigenvalue weighted by atomic mass is 9.83. The Bertz CT molecular complexity index is 2080. The SMILES string of the molecule is CCCCC1C=C(C(C)(C)C)C=C1c1c2c(ccc1=C(c1cccc(C(F)(F)F)c1)c1cccc(C(F)(F)F)c1)=c1ccccc1=C2. The van der Waals surface area contributed by atoms with Gasteiger partial charge in [0, 0.05) is 5.92 Å². The van der Waals surface area contributed by atoms with E-state index in [1.807, 2.05) is 36.4 Å². The highest BCUT2D eigenvalue weighted by Crippen LogP contribution is 2.43. The van der Waals surface area contributed by atoms with Gasteiger partial charge in [0.2, 0.25) is 0 Å². The highest BCUT2D eigenvalue weighted by Gasteiger charge is 2.33. The van der Waals surface area contributed by atoms with Gasteiger partial charge < -0.3 is 0 Å². The van der Waals surface area contributed by atoms with Crippen LogP contribution in [0.2, 0.25) is 0 Å². The molecule has 0 nitrogen and oxygen atoms in total. The zero-order valence-electron chi connectivity index (χ0n) is 26.8. The lowest BCUT2D eigenvalue weighted by molar-refractivity contribution is -0.138.